The number of fused-ring (bicyclic) bond motifs is 1. The van der Waals surface area contributed by atoms with Gasteiger partial charge in [-0.25, -0.2) is 4.39 Å². The van der Waals surface area contributed by atoms with Gasteiger partial charge in [0.25, 0.3) is 0 Å². The van der Waals surface area contributed by atoms with Crippen LogP contribution in [0.1, 0.15) is 16.7 Å². The molecule has 2 aromatic carbocycles. The van der Waals surface area contributed by atoms with Crippen molar-refractivity contribution in [2.75, 3.05) is 0 Å². The van der Waals surface area contributed by atoms with Gasteiger partial charge in [0.15, 0.2) is 11.6 Å². The number of nitrogens with zero attached hydrogens (tertiary/aromatic N) is 1. The second-order valence-corrected chi connectivity index (χ2v) is 4.96. The minimum Gasteiger partial charge on any atom is -0.505 e. The van der Waals surface area contributed by atoms with E-state index < -0.39 is 5.82 Å². The molecule has 0 aliphatic heterocycles. The fourth-order valence-electron chi connectivity index (χ4n) is 2.25. The highest BCUT2D eigenvalue weighted by molar-refractivity contribution is 5.83. The Balaban J connectivity index is 1.94. The highest BCUT2D eigenvalue weighted by Gasteiger charge is 2.04. The second-order valence-electron chi connectivity index (χ2n) is 4.96. The van der Waals surface area contributed by atoms with E-state index in [-0.39, 0.29) is 5.75 Å². The van der Waals surface area contributed by atoms with Crippen LogP contribution in [0.25, 0.3) is 23.1 Å². The van der Waals surface area contributed by atoms with Crippen molar-refractivity contribution in [2.24, 2.45) is 0 Å². The molecule has 0 aliphatic carbocycles. The number of pyridine rings is 1. The second kappa shape index (κ2) is 5.37. The van der Waals surface area contributed by atoms with Crippen LogP contribution in [0.3, 0.4) is 0 Å². The molecule has 0 atom stereocenters. The summed E-state index contributed by atoms with van der Waals surface area (Å²) in [6, 6.07) is 12.9. The highest BCUT2D eigenvalue weighted by atomic mass is 19.1. The Morgan fingerprint density at radius 2 is 1.86 bits per heavy atom. The summed E-state index contributed by atoms with van der Waals surface area (Å²) in [6.07, 6.45) is 5.50. The quantitative estimate of drug-likeness (QED) is 0.698. The zero-order chi connectivity index (χ0) is 14.8. The molecule has 1 N–H and O–H groups in total. The Morgan fingerprint density at radius 1 is 1.05 bits per heavy atom. The number of halogens is 1. The third-order valence-electron chi connectivity index (χ3n) is 3.37. The molecule has 3 rings (SSSR count). The molecule has 0 fully saturated rings. The van der Waals surface area contributed by atoms with Crippen molar-refractivity contribution in [2.45, 2.75) is 6.92 Å². The van der Waals surface area contributed by atoms with Gasteiger partial charge in [0, 0.05) is 11.6 Å². The maximum absolute atomic E-state index is 13.5. The van der Waals surface area contributed by atoms with E-state index in [9.17, 15) is 9.50 Å². The number of hydrogen-bond donors (Lipinski definition) is 1. The molecule has 2 nitrogen and oxygen atoms in total. The van der Waals surface area contributed by atoms with E-state index >= 15 is 0 Å². The number of aryl methyl sites for hydroxylation is 1. The lowest BCUT2D eigenvalue weighted by molar-refractivity contribution is 0.428. The molecular weight excluding hydrogens is 265 g/mol. The molecule has 0 amide bonds. The van der Waals surface area contributed by atoms with Gasteiger partial charge in [-0.2, -0.15) is 0 Å². The smallest absolute Gasteiger partial charge is 0.165 e. The van der Waals surface area contributed by atoms with E-state index in [1.165, 1.54) is 6.07 Å². The van der Waals surface area contributed by atoms with Gasteiger partial charge in [0.2, 0.25) is 0 Å². The van der Waals surface area contributed by atoms with Crippen LogP contribution >= 0.6 is 0 Å². The van der Waals surface area contributed by atoms with Crippen molar-refractivity contribution in [1.82, 2.24) is 4.98 Å². The van der Waals surface area contributed by atoms with Crippen LogP contribution in [0.15, 0.2) is 48.7 Å². The number of hydrogen-bond acceptors (Lipinski definition) is 2. The molecule has 0 radical (unpaired) electrons. The molecular formula is C18H14FNO. The van der Waals surface area contributed by atoms with Crippen molar-refractivity contribution in [3.05, 3.63) is 71.2 Å². The van der Waals surface area contributed by atoms with Crippen LogP contribution in [0, 0.1) is 12.7 Å². The molecule has 0 aliphatic rings. The Labute approximate surface area is 122 Å². The lowest BCUT2D eigenvalue weighted by atomic mass is 10.1. The van der Waals surface area contributed by atoms with E-state index in [1.54, 1.807) is 19.2 Å². The lowest BCUT2D eigenvalue weighted by Crippen LogP contribution is -1.84. The molecule has 0 bridgehead atoms. The lowest BCUT2D eigenvalue weighted by Gasteiger charge is -2.02. The average Bonchev–Trinajstić information content (AvgIpc) is 2.50. The third-order valence-corrected chi connectivity index (χ3v) is 3.37. The summed E-state index contributed by atoms with van der Waals surface area (Å²) in [4.78, 5) is 4.27. The van der Waals surface area contributed by atoms with E-state index in [0.717, 1.165) is 16.5 Å². The first kappa shape index (κ1) is 13.3. The minimum absolute atomic E-state index is 0.288. The molecule has 0 unspecified atom stereocenters. The number of phenols is 1. The van der Waals surface area contributed by atoms with Gasteiger partial charge in [-0.05, 0) is 53.9 Å². The van der Waals surface area contributed by atoms with E-state index in [1.807, 2.05) is 42.5 Å². The molecule has 3 aromatic rings. The highest BCUT2D eigenvalue weighted by Crippen LogP contribution is 2.23. The van der Waals surface area contributed by atoms with Crippen molar-refractivity contribution in [1.29, 1.82) is 0 Å². The number of aromatic hydroxyl groups is 1. The van der Waals surface area contributed by atoms with Crippen molar-refractivity contribution in [3.63, 3.8) is 0 Å². The van der Waals surface area contributed by atoms with Crippen molar-refractivity contribution >= 4 is 23.1 Å². The molecule has 104 valence electrons. The number of rotatable bonds is 2. The van der Waals surface area contributed by atoms with Gasteiger partial charge in [0.05, 0.1) is 5.52 Å². The van der Waals surface area contributed by atoms with Crippen molar-refractivity contribution < 1.29 is 9.50 Å². The topological polar surface area (TPSA) is 33.1 Å². The maximum Gasteiger partial charge on any atom is 0.165 e. The predicted octanol–water partition coefficient (Wildman–Crippen LogP) is 4.56. The fourth-order valence-corrected chi connectivity index (χ4v) is 2.25. The van der Waals surface area contributed by atoms with Crippen LogP contribution in [-0.2, 0) is 0 Å². The number of phenolic OH excluding ortho intramolecular Hbond substituents is 1. The Bertz CT molecular complexity index is 816. The maximum atomic E-state index is 13.5. The first-order valence-corrected chi connectivity index (χ1v) is 6.65. The summed E-state index contributed by atoms with van der Waals surface area (Å²) in [6.45, 7) is 1.68. The third kappa shape index (κ3) is 2.77. The minimum atomic E-state index is -0.600. The van der Waals surface area contributed by atoms with Gasteiger partial charge < -0.3 is 5.11 Å². The zero-order valence-corrected chi connectivity index (χ0v) is 11.5. The SMILES string of the molecule is Cc1cc(/C=C/c2ccc3ncccc3c2)cc(F)c1O. The van der Waals surface area contributed by atoms with E-state index in [2.05, 4.69) is 4.98 Å². The molecule has 0 saturated carbocycles. The standard InChI is InChI=1S/C18H14FNO/c1-12-9-14(11-16(19)18(12)21)5-4-13-6-7-17-15(10-13)3-2-8-20-17/h2-11,21H,1H3/b5-4+. The first-order valence-electron chi connectivity index (χ1n) is 6.65. The van der Waals surface area contributed by atoms with Crippen LogP contribution in [0.4, 0.5) is 4.39 Å². The molecule has 1 aromatic heterocycles. The Morgan fingerprint density at radius 3 is 2.67 bits per heavy atom. The number of aromatic nitrogens is 1. The van der Waals surface area contributed by atoms with Gasteiger partial charge in [-0.15, -0.1) is 0 Å². The summed E-state index contributed by atoms with van der Waals surface area (Å²) < 4.78 is 13.5. The summed E-state index contributed by atoms with van der Waals surface area (Å²) in [5.41, 5.74) is 3.20. The van der Waals surface area contributed by atoms with Crippen molar-refractivity contribution in [3.8, 4) is 5.75 Å². The summed E-state index contributed by atoms with van der Waals surface area (Å²) >= 11 is 0. The predicted molar refractivity (Wildman–Crippen MR) is 83.5 cm³/mol. The van der Waals surface area contributed by atoms with Crippen LogP contribution in [-0.4, -0.2) is 10.1 Å². The normalized spacial score (nSPS) is 11.3. The zero-order valence-electron chi connectivity index (χ0n) is 11.5. The van der Waals surface area contributed by atoms with E-state index in [0.29, 0.717) is 11.1 Å². The molecule has 3 heteroatoms. The van der Waals surface area contributed by atoms with Gasteiger partial charge in [-0.1, -0.05) is 24.3 Å². The molecule has 0 saturated heterocycles. The Hall–Kier alpha value is -2.68. The number of benzene rings is 2. The largest absolute Gasteiger partial charge is 0.505 e. The van der Waals surface area contributed by atoms with E-state index in [4.69, 9.17) is 0 Å². The average molecular weight is 279 g/mol. The monoisotopic (exact) mass is 279 g/mol. The molecule has 21 heavy (non-hydrogen) atoms. The van der Waals surface area contributed by atoms with Crippen LogP contribution < -0.4 is 0 Å². The van der Waals surface area contributed by atoms with Gasteiger partial charge >= 0.3 is 0 Å². The first-order chi connectivity index (χ1) is 10.1. The van der Waals surface area contributed by atoms with Gasteiger partial charge in [0.1, 0.15) is 0 Å². The van der Waals surface area contributed by atoms with Gasteiger partial charge in [-0.3, -0.25) is 4.98 Å². The summed E-state index contributed by atoms with van der Waals surface area (Å²) in [5.74, 6) is -0.888. The molecule has 1 heterocycles. The van der Waals surface area contributed by atoms with Crippen LogP contribution in [0.5, 0.6) is 5.75 Å². The fraction of sp³-hybridized carbons (Fsp3) is 0.0556. The summed E-state index contributed by atoms with van der Waals surface area (Å²) in [5, 5.41) is 10.5. The van der Waals surface area contributed by atoms with Crippen LogP contribution in [0.2, 0.25) is 0 Å². The molecule has 0 spiro atoms. The Kier molecular flexibility index (Phi) is 3.40. The summed E-state index contributed by atoms with van der Waals surface area (Å²) in [7, 11) is 0.